The Balaban J connectivity index is 1.98. The topological polar surface area (TPSA) is 74.9 Å². The summed E-state index contributed by atoms with van der Waals surface area (Å²) in [5, 5.41) is 4.84. The number of nitrogens with zero attached hydrogens (tertiary/aromatic N) is 3. The zero-order valence-corrected chi connectivity index (χ0v) is 17.4. The highest BCUT2D eigenvalue weighted by atomic mass is 16.5. The molecule has 0 aliphatic rings. The number of unbranched alkanes of at least 4 members (excludes halogenated alkanes) is 1. The summed E-state index contributed by atoms with van der Waals surface area (Å²) >= 11 is 0. The van der Waals surface area contributed by atoms with Crippen molar-refractivity contribution in [2.45, 2.75) is 19.8 Å². The van der Waals surface area contributed by atoms with E-state index in [2.05, 4.69) is 17.0 Å². The minimum absolute atomic E-state index is 0.339. The summed E-state index contributed by atoms with van der Waals surface area (Å²) in [6.45, 7) is 2.65. The lowest BCUT2D eigenvalue weighted by Gasteiger charge is -2.13. The van der Waals surface area contributed by atoms with Gasteiger partial charge in [0.2, 0.25) is 5.88 Å². The van der Waals surface area contributed by atoms with Gasteiger partial charge in [0.05, 0.1) is 43.6 Å². The number of carbonyl (C=O) groups is 1. The van der Waals surface area contributed by atoms with Crippen LogP contribution in [0.5, 0.6) is 17.4 Å². The molecule has 1 amide bonds. The molecule has 0 unspecified atom stereocenters. The van der Waals surface area contributed by atoms with Crippen molar-refractivity contribution in [2.24, 2.45) is 4.99 Å². The van der Waals surface area contributed by atoms with Gasteiger partial charge in [-0.3, -0.25) is 4.79 Å². The van der Waals surface area contributed by atoms with E-state index in [-0.39, 0.29) is 0 Å². The Morgan fingerprint density at radius 3 is 2.57 bits per heavy atom. The number of amides is 1. The normalized spacial score (nSPS) is 11.2. The second kappa shape index (κ2) is 10.2. The Hall–Kier alpha value is -3.61. The predicted octanol–water partition coefficient (Wildman–Crippen LogP) is 3.81. The average Bonchev–Trinajstić information content (AvgIpc) is 2.79. The van der Waals surface area contributed by atoms with E-state index in [0.717, 1.165) is 18.5 Å². The van der Waals surface area contributed by atoms with Gasteiger partial charge >= 0.3 is 0 Å². The van der Waals surface area contributed by atoms with Crippen LogP contribution in [0, 0.1) is 0 Å². The fourth-order valence-corrected chi connectivity index (χ4v) is 2.80. The number of para-hydroxylation sites is 1. The molecular weight excluding hydrogens is 382 g/mol. The molecule has 0 fully saturated rings. The summed E-state index contributed by atoms with van der Waals surface area (Å²) in [5.41, 5.74) is 1.20. The second-order valence-corrected chi connectivity index (χ2v) is 6.48. The van der Waals surface area contributed by atoms with Crippen LogP contribution in [0.2, 0.25) is 0 Å². The predicted molar refractivity (Wildman–Crippen MR) is 113 cm³/mol. The Kier molecular flexibility index (Phi) is 7.21. The number of ether oxygens (including phenoxy) is 3. The number of benzene rings is 2. The standard InChI is InChI=1S/C23H25N3O4/c1-4-5-13-30-22-14-17(16-24-26(22)18-9-7-6-8-10-18)25-23(27)20-12-11-19(28-2)15-21(20)29-3/h6-12,14-16H,4-5,13H2,1-3H3/b25-17+. The molecule has 0 N–H and O–H groups in total. The van der Waals surface area contributed by atoms with E-state index in [9.17, 15) is 4.79 Å². The monoisotopic (exact) mass is 407 g/mol. The summed E-state index contributed by atoms with van der Waals surface area (Å²) in [4.78, 5) is 17.0. The van der Waals surface area contributed by atoms with Crippen LogP contribution in [0.3, 0.4) is 0 Å². The third kappa shape index (κ3) is 5.05. The number of aromatic nitrogens is 2. The van der Waals surface area contributed by atoms with Crippen LogP contribution in [0.25, 0.3) is 5.69 Å². The van der Waals surface area contributed by atoms with Gasteiger partial charge < -0.3 is 14.2 Å². The van der Waals surface area contributed by atoms with Gasteiger partial charge in [-0.15, -0.1) is 0 Å². The molecule has 0 atom stereocenters. The lowest BCUT2D eigenvalue weighted by Crippen LogP contribution is -2.16. The van der Waals surface area contributed by atoms with E-state index < -0.39 is 5.91 Å². The zero-order chi connectivity index (χ0) is 21.3. The minimum Gasteiger partial charge on any atom is -0.497 e. The van der Waals surface area contributed by atoms with Crippen LogP contribution < -0.4 is 19.6 Å². The molecule has 3 rings (SSSR count). The largest absolute Gasteiger partial charge is 0.497 e. The van der Waals surface area contributed by atoms with Crippen molar-refractivity contribution in [1.82, 2.24) is 9.78 Å². The van der Waals surface area contributed by atoms with Crippen molar-refractivity contribution in [1.29, 1.82) is 0 Å². The molecular formula is C23H25N3O4. The average molecular weight is 407 g/mol. The molecule has 7 heteroatoms. The third-order valence-electron chi connectivity index (χ3n) is 4.40. The molecule has 0 saturated carbocycles. The molecule has 0 bridgehead atoms. The van der Waals surface area contributed by atoms with Gasteiger partial charge in [-0.05, 0) is 30.7 Å². The van der Waals surface area contributed by atoms with Gasteiger partial charge in [0.15, 0.2) is 0 Å². The van der Waals surface area contributed by atoms with Gasteiger partial charge in [0.1, 0.15) is 11.5 Å². The number of methoxy groups -OCH3 is 2. The van der Waals surface area contributed by atoms with E-state index >= 15 is 0 Å². The van der Waals surface area contributed by atoms with Crippen LogP contribution in [-0.4, -0.2) is 36.5 Å². The lowest BCUT2D eigenvalue weighted by molar-refractivity contribution is 0.0995. The molecule has 0 radical (unpaired) electrons. The molecule has 1 aromatic heterocycles. The molecule has 156 valence electrons. The SMILES string of the molecule is CCCCOc1c/c(=N\C(=O)c2ccc(OC)cc2OC)cnn1-c1ccccc1. The summed E-state index contributed by atoms with van der Waals surface area (Å²) in [7, 11) is 3.05. The summed E-state index contributed by atoms with van der Waals surface area (Å²) in [6, 6.07) is 16.3. The number of carbonyl (C=O) groups excluding carboxylic acids is 1. The van der Waals surface area contributed by atoms with Crippen molar-refractivity contribution >= 4 is 5.91 Å². The van der Waals surface area contributed by atoms with Crippen molar-refractivity contribution < 1.29 is 19.0 Å². The maximum absolute atomic E-state index is 12.8. The Morgan fingerprint density at radius 1 is 1.07 bits per heavy atom. The van der Waals surface area contributed by atoms with Crippen molar-refractivity contribution in [2.75, 3.05) is 20.8 Å². The Labute approximate surface area is 175 Å². The lowest BCUT2D eigenvalue weighted by atomic mass is 10.2. The molecule has 7 nitrogen and oxygen atoms in total. The first-order chi connectivity index (χ1) is 14.7. The summed E-state index contributed by atoms with van der Waals surface area (Å²) < 4.78 is 18.1. The fraction of sp³-hybridized carbons (Fsp3) is 0.261. The van der Waals surface area contributed by atoms with Gasteiger partial charge in [-0.1, -0.05) is 31.5 Å². The highest BCUT2D eigenvalue weighted by molar-refractivity contribution is 5.97. The maximum Gasteiger partial charge on any atom is 0.281 e. The van der Waals surface area contributed by atoms with Crippen LogP contribution in [0.15, 0.2) is 65.8 Å². The molecule has 1 heterocycles. The number of rotatable bonds is 8. The van der Waals surface area contributed by atoms with Crippen LogP contribution in [0.4, 0.5) is 0 Å². The first-order valence-electron chi connectivity index (χ1n) is 9.75. The van der Waals surface area contributed by atoms with E-state index in [1.165, 1.54) is 13.3 Å². The van der Waals surface area contributed by atoms with Crippen LogP contribution in [-0.2, 0) is 0 Å². The van der Waals surface area contributed by atoms with Gasteiger partial charge in [0.25, 0.3) is 5.91 Å². The maximum atomic E-state index is 12.8. The van der Waals surface area contributed by atoms with Crippen LogP contribution >= 0.6 is 0 Å². The Morgan fingerprint density at radius 2 is 1.87 bits per heavy atom. The highest BCUT2D eigenvalue weighted by Gasteiger charge is 2.13. The number of hydrogen-bond acceptors (Lipinski definition) is 5. The number of hydrogen-bond donors (Lipinski definition) is 0. The first-order valence-corrected chi connectivity index (χ1v) is 9.75. The molecule has 0 aliphatic heterocycles. The van der Waals surface area contributed by atoms with Crippen LogP contribution in [0.1, 0.15) is 30.1 Å². The van der Waals surface area contributed by atoms with Crippen molar-refractivity contribution in [3.05, 3.63) is 71.7 Å². The highest BCUT2D eigenvalue weighted by Crippen LogP contribution is 2.25. The molecule has 2 aromatic carbocycles. The van der Waals surface area contributed by atoms with Gasteiger partial charge in [-0.25, -0.2) is 9.67 Å². The molecule has 3 aromatic rings. The smallest absolute Gasteiger partial charge is 0.281 e. The summed E-state index contributed by atoms with van der Waals surface area (Å²) in [5.74, 6) is 1.07. The zero-order valence-electron chi connectivity index (χ0n) is 17.4. The quantitative estimate of drug-likeness (QED) is 0.531. The fourth-order valence-electron chi connectivity index (χ4n) is 2.80. The molecule has 30 heavy (non-hydrogen) atoms. The van der Waals surface area contributed by atoms with Crippen molar-refractivity contribution in [3.63, 3.8) is 0 Å². The third-order valence-corrected chi connectivity index (χ3v) is 4.40. The van der Waals surface area contributed by atoms with E-state index in [0.29, 0.717) is 34.9 Å². The molecule has 0 spiro atoms. The molecule has 0 aliphatic carbocycles. The van der Waals surface area contributed by atoms with E-state index in [4.69, 9.17) is 14.2 Å². The van der Waals surface area contributed by atoms with Gasteiger partial charge in [-0.2, -0.15) is 5.10 Å². The van der Waals surface area contributed by atoms with Crippen molar-refractivity contribution in [3.8, 4) is 23.1 Å². The van der Waals surface area contributed by atoms with E-state index in [1.54, 1.807) is 36.1 Å². The molecule has 0 saturated heterocycles. The second-order valence-electron chi connectivity index (χ2n) is 6.48. The van der Waals surface area contributed by atoms with E-state index in [1.807, 2.05) is 30.3 Å². The Bertz CT molecular complexity index is 1060. The minimum atomic E-state index is -0.437. The summed E-state index contributed by atoms with van der Waals surface area (Å²) in [6.07, 6.45) is 3.46. The first kappa shape index (κ1) is 21.1. The van der Waals surface area contributed by atoms with Gasteiger partial charge in [0, 0.05) is 12.1 Å².